The zero-order chi connectivity index (χ0) is 26.2. The van der Waals surface area contributed by atoms with Crippen molar-refractivity contribution in [2.75, 3.05) is 24.6 Å². The van der Waals surface area contributed by atoms with Gasteiger partial charge in [-0.25, -0.2) is 13.2 Å². The van der Waals surface area contributed by atoms with Crippen LogP contribution in [-0.2, 0) is 21.1 Å². The van der Waals surface area contributed by atoms with Gasteiger partial charge < -0.3 is 20.6 Å². The van der Waals surface area contributed by atoms with Crippen LogP contribution in [0, 0.1) is 11.8 Å². The third kappa shape index (κ3) is 10.6. The van der Waals surface area contributed by atoms with E-state index in [-0.39, 0.29) is 30.0 Å². The minimum Gasteiger partial charge on any atom is -0.389 e. The van der Waals surface area contributed by atoms with E-state index in [2.05, 4.69) is 24.5 Å². The van der Waals surface area contributed by atoms with Crippen molar-refractivity contribution in [2.24, 2.45) is 11.8 Å². The van der Waals surface area contributed by atoms with Gasteiger partial charge in [0.2, 0.25) is 5.91 Å². The fraction of sp³-hybridized carbons (Fsp3) is 0.692. The van der Waals surface area contributed by atoms with Crippen LogP contribution in [0.25, 0.3) is 0 Å². The summed E-state index contributed by atoms with van der Waals surface area (Å²) in [5.41, 5.74) is 0.503. The molecule has 0 spiro atoms. The Kier molecular flexibility index (Phi) is 10.6. The van der Waals surface area contributed by atoms with E-state index in [9.17, 15) is 23.1 Å². The molecule has 8 nitrogen and oxygen atoms in total. The Morgan fingerprint density at radius 3 is 2.40 bits per heavy atom. The number of nitrogens with one attached hydrogen (secondary N) is 2. The lowest BCUT2D eigenvalue weighted by Crippen LogP contribution is -2.55. The van der Waals surface area contributed by atoms with Crippen LogP contribution in [0.3, 0.4) is 0 Å². The third-order valence-electron chi connectivity index (χ3n) is 6.08. The van der Waals surface area contributed by atoms with E-state index in [0.717, 1.165) is 12.0 Å². The van der Waals surface area contributed by atoms with E-state index in [4.69, 9.17) is 0 Å². The number of rotatable bonds is 10. The van der Waals surface area contributed by atoms with Crippen LogP contribution in [0.15, 0.2) is 30.3 Å². The molecule has 0 bridgehead atoms. The molecule has 1 heterocycles. The first-order valence-electron chi connectivity index (χ1n) is 12.6. The second-order valence-corrected chi connectivity index (χ2v) is 13.4. The Hall–Kier alpha value is -2.13. The van der Waals surface area contributed by atoms with E-state index < -0.39 is 33.4 Å². The van der Waals surface area contributed by atoms with Crippen molar-refractivity contribution in [1.29, 1.82) is 0 Å². The van der Waals surface area contributed by atoms with Crippen molar-refractivity contribution in [3.63, 3.8) is 0 Å². The minimum atomic E-state index is -3.24. The number of carbonyl (C=O) groups is 2. The molecule has 3 N–H and O–H groups in total. The molecule has 198 valence electrons. The number of hydrogen-bond donors (Lipinski definition) is 3. The van der Waals surface area contributed by atoms with Crippen molar-refractivity contribution in [2.45, 2.75) is 78.0 Å². The van der Waals surface area contributed by atoms with E-state index in [1.54, 1.807) is 4.90 Å². The maximum Gasteiger partial charge on any atom is 0.317 e. The summed E-state index contributed by atoms with van der Waals surface area (Å²) in [5, 5.41) is 17.1. The second kappa shape index (κ2) is 12.7. The first-order valence-corrected chi connectivity index (χ1v) is 14.4. The lowest BCUT2D eigenvalue weighted by Gasteiger charge is -2.33. The highest BCUT2D eigenvalue weighted by molar-refractivity contribution is 7.91. The Morgan fingerprint density at radius 2 is 1.83 bits per heavy atom. The van der Waals surface area contributed by atoms with Gasteiger partial charge in [0.25, 0.3) is 0 Å². The number of benzene rings is 1. The second-order valence-electron chi connectivity index (χ2n) is 11.1. The van der Waals surface area contributed by atoms with Crippen LogP contribution in [0.2, 0.25) is 0 Å². The maximum absolute atomic E-state index is 13.0. The first-order chi connectivity index (χ1) is 16.3. The van der Waals surface area contributed by atoms with Crippen LogP contribution in [-0.4, -0.2) is 72.6 Å². The van der Waals surface area contributed by atoms with Crippen molar-refractivity contribution in [3.8, 4) is 0 Å². The average Bonchev–Trinajstić information content (AvgIpc) is 2.74. The van der Waals surface area contributed by atoms with Gasteiger partial charge in [-0.1, -0.05) is 44.2 Å². The van der Waals surface area contributed by atoms with E-state index in [1.165, 1.54) is 0 Å². The summed E-state index contributed by atoms with van der Waals surface area (Å²) in [7, 11) is -3.24. The van der Waals surface area contributed by atoms with Gasteiger partial charge in [0.15, 0.2) is 9.84 Å². The summed E-state index contributed by atoms with van der Waals surface area (Å²) in [5.74, 6) is -0.658. The lowest BCUT2D eigenvalue weighted by molar-refractivity contribution is -0.126. The molecule has 1 aromatic carbocycles. The highest BCUT2D eigenvalue weighted by Crippen LogP contribution is 2.19. The molecule has 9 heteroatoms. The standard InChI is InChI=1S/C26H43N3O5S/c1-19(2)13-14-29(25(32)28-26(3,4)5)17-23(30)22(16-20-10-7-6-8-11-20)27-24(31)21-12-9-15-35(33,34)18-21/h6-8,10-11,19,21-23,30H,9,12-18H2,1-5H3,(H,27,31)(H,28,32)/t21-,22-,23+/m0/s1. The zero-order valence-electron chi connectivity index (χ0n) is 21.8. The molecule has 2 rings (SSSR count). The SMILES string of the molecule is CC(C)CCN(C[C@@H](O)[C@H](Cc1ccccc1)NC(=O)[C@H]1CCCS(=O)(=O)C1)C(=O)NC(C)(C)C. The molecule has 0 aliphatic carbocycles. The highest BCUT2D eigenvalue weighted by Gasteiger charge is 2.33. The average molecular weight is 510 g/mol. The van der Waals surface area contributed by atoms with Gasteiger partial charge in [0.1, 0.15) is 0 Å². The molecule has 0 unspecified atom stereocenters. The number of carbonyl (C=O) groups excluding carboxylic acids is 2. The molecule has 35 heavy (non-hydrogen) atoms. The summed E-state index contributed by atoms with van der Waals surface area (Å²) in [6.45, 7) is 10.4. The van der Waals surface area contributed by atoms with Gasteiger partial charge in [0, 0.05) is 12.1 Å². The zero-order valence-corrected chi connectivity index (χ0v) is 22.6. The van der Waals surface area contributed by atoms with Gasteiger partial charge >= 0.3 is 6.03 Å². The number of nitrogens with zero attached hydrogens (tertiary/aromatic N) is 1. The number of urea groups is 1. The molecule has 3 amide bonds. The van der Waals surface area contributed by atoms with Crippen molar-refractivity contribution in [3.05, 3.63) is 35.9 Å². The Bertz CT molecular complexity index is 928. The van der Waals surface area contributed by atoms with Crippen LogP contribution in [0.4, 0.5) is 4.79 Å². The third-order valence-corrected chi connectivity index (χ3v) is 7.90. The molecule has 1 fully saturated rings. The lowest BCUT2D eigenvalue weighted by atomic mass is 9.98. The molecule has 0 radical (unpaired) electrons. The van der Waals surface area contributed by atoms with Crippen molar-refractivity contribution >= 4 is 21.8 Å². The van der Waals surface area contributed by atoms with E-state index in [1.807, 2.05) is 51.1 Å². The summed E-state index contributed by atoms with van der Waals surface area (Å²) < 4.78 is 24.1. The number of amides is 3. The summed E-state index contributed by atoms with van der Waals surface area (Å²) in [6.07, 6.45) is 1.08. The van der Waals surface area contributed by atoms with Crippen LogP contribution in [0.1, 0.15) is 59.4 Å². The normalized spacial score (nSPS) is 19.6. The van der Waals surface area contributed by atoms with Crippen LogP contribution < -0.4 is 10.6 Å². The maximum atomic E-state index is 13.0. The summed E-state index contributed by atoms with van der Waals surface area (Å²) in [6, 6.07) is 8.57. The van der Waals surface area contributed by atoms with Gasteiger partial charge in [0.05, 0.1) is 36.1 Å². The summed E-state index contributed by atoms with van der Waals surface area (Å²) in [4.78, 5) is 27.6. The predicted octanol–water partition coefficient (Wildman–Crippen LogP) is 2.76. The Morgan fingerprint density at radius 1 is 1.17 bits per heavy atom. The Labute approximate surface area is 210 Å². The fourth-order valence-electron chi connectivity index (χ4n) is 4.12. The Balaban J connectivity index is 2.20. The molecule has 1 aromatic rings. The fourth-order valence-corrected chi connectivity index (χ4v) is 5.83. The summed E-state index contributed by atoms with van der Waals surface area (Å²) >= 11 is 0. The van der Waals surface area contributed by atoms with Crippen LogP contribution in [0.5, 0.6) is 0 Å². The number of sulfone groups is 1. The van der Waals surface area contributed by atoms with E-state index in [0.29, 0.717) is 31.7 Å². The van der Waals surface area contributed by atoms with Gasteiger partial charge in [-0.15, -0.1) is 0 Å². The quantitative estimate of drug-likeness (QED) is 0.449. The first kappa shape index (κ1) is 29.1. The topological polar surface area (TPSA) is 116 Å². The monoisotopic (exact) mass is 509 g/mol. The van der Waals surface area contributed by atoms with Gasteiger partial charge in [-0.3, -0.25) is 4.79 Å². The highest BCUT2D eigenvalue weighted by atomic mass is 32.2. The largest absolute Gasteiger partial charge is 0.389 e. The predicted molar refractivity (Wildman–Crippen MR) is 139 cm³/mol. The molecular formula is C26H43N3O5S. The number of aliphatic hydroxyl groups is 1. The minimum absolute atomic E-state index is 0.0510. The molecule has 1 saturated heterocycles. The molecule has 1 aliphatic heterocycles. The van der Waals surface area contributed by atoms with Crippen molar-refractivity contribution in [1.82, 2.24) is 15.5 Å². The molecule has 0 saturated carbocycles. The molecule has 1 aliphatic rings. The van der Waals surface area contributed by atoms with Gasteiger partial charge in [-0.2, -0.15) is 0 Å². The number of hydrogen-bond acceptors (Lipinski definition) is 5. The molecule has 0 aromatic heterocycles. The molecular weight excluding hydrogens is 466 g/mol. The van der Waals surface area contributed by atoms with Crippen LogP contribution >= 0.6 is 0 Å². The van der Waals surface area contributed by atoms with E-state index >= 15 is 0 Å². The smallest absolute Gasteiger partial charge is 0.317 e. The molecule has 3 atom stereocenters. The van der Waals surface area contributed by atoms with Gasteiger partial charge in [-0.05, 0) is 57.9 Å². The number of aliphatic hydroxyl groups excluding tert-OH is 1. The van der Waals surface area contributed by atoms with Crippen molar-refractivity contribution < 1.29 is 23.1 Å².